The Bertz CT molecular complexity index is 882. The van der Waals surface area contributed by atoms with Crippen LogP contribution in [0, 0.1) is 0 Å². The van der Waals surface area contributed by atoms with Crippen LogP contribution in [0.1, 0.15) is 0 Å². The largest absolute Gasteiger partial charge is 0.405 e. The third-order valence-electron chi connectivity index (χ3n) is 3.08. The molecule has 0 saturated heterocycles. The molecule has 0 aliphatic heterocycles. The van der Waals surface area contributed by atoms with E-state index in [1.807, 2.05) is 0 Å². The highest BCUT2D eigenvalue weighted by molar-refractivity contribution is 7.93. The van der Waals surface area contributed by atoms with Crippen molar-refractivity contribution >= 4 is 40.7 Å². The van der Waals surface area contributed by atoms with Gasteiger partial charge in [-0.15, -0.1) is 3.89 Å². The van der Waals surface area contributed by atoms with Crippen LogP contribution in [0.25, 0.3) is 22.3 Å². The topological polar surface area (TPSA) is 55.6 Å². The average molecular weight is 378 g/mol. The molecule has 0 amide bonds. The first-order chi connectivity index (χ1) is 11.4. The Balaban J connectivity index is 2.01. The zero-order valence-corrected chi connectivity index (χ0v) is 13.3. The molecule has 0 radical (unpaired) electrons. The van der Waals surface area contributed by atoms with Crippen LogP contribution in [-0.2, 0) is 0 Å². The van der Waals surface area contributed by atoms with Crippen molar-refractivity contribution < 1.29 is 17.1 Å². The molecule has 0 saturated carbocycles. The summed E-state index contributed by atoms with van der Waals surface area (Å²) in [6.45, 7) is -1.23. The second kappa shape index (κ2) is 6.44. The number of pyridine rings is 1. The van der Waals surface area contributed by atoms with Crippen LogP contribution in [0.4, 0.5) is 22.9 Å². The van der Waals surface area contributed by atoms with Gasteiger partial charge in [0.05, 0.1) is 16.9 Å². The number of rotatable bonds is 4. The summed E-state index contributed by atoms with van der Waals surface area (Å²) in [5, 5.41) is 2.96. The van der Waals surface area contributed by atoms with Crippen LogP contribution >= 0.6 is 23.9 Å². The predicted octanol–water partition coefficient (Wildman–Crippen LogP) is 4.50. The van der Waals surface area contributed by atoms with E-state index in [0.29, 0.717) is 16.6 Å². The molecule has 11 heteroatoms. The van der Waals surface area contributed by atoms with E-state index >= 15 is 0 Å². The lowest BCUT2D eigenvalue weighted by molar-refractivity contribution is -0.115. The van der Waals surface area contributed by atoms with Gasteiger partial charge in [-0.05, 0) is 6.07 Å². The van der Waals surface area contributed by atoms with Crippen molar-refractivity contribution in [2.75, 3.05) is 11.9 Å². The number of hydrogen-bond acceptors (Lipinski definition) is 5. The number of anilines is 1. The van der Waals surface area contributed by atoms with Crippen LogP contribution < -0.4 is 5.32 Å². The lowest BCUT2D eigenvalue weighted by Gasteiger charge is -2.09. The lowest BCUT2D eigenvalue weighted by Crippen LogP contribution is -2.21. The molecular weight excluding hydrogens is 370 g/mol. The Hall–Kier alpha value is -2.07. The first kappa shape index (κ1) is 16.8. The maximum absolute atomic E-state index is 13.4. The van der Waals surface area contributed by atoms with Crippen molar-refractivity contribution in [2.24, 2.45) is 0 Å². The SMILES string of the molecule is FSn1c(-c2cc(NCC(F)(F)F)ncn2)cc2cnc(Cl)cc21. The van der Waals surface area contributed by atoms with Gasteiger partial charge in [-0.1, -0.05) is 11.6 Å². The van der Waals surface area contributed by atoms with Crippen molar-refractivity contribution in [1.82, 2.24) is 18.9 Å². The van der Waals surface area contributed by atoms with Crippen LogP contribution in [-0.4, -0.2) is 31.6 Å². The van der Waals surface area contributed by atoms with Gasteiger partial charge in [0, 0.05) is 23.7 Å². The molecule has 0 aromatic carbocycles. The summed E-state index contributed by atoms with van der Waals surface area (Å²) in [5.74, 6) is -0.0193. The zero-order valence-electron chi connectivity index (χ0n) is 11.7. The van der Waals surface area contributed by atoms with Gasteiger partial charge < -0.3 is 5.32 Å². The Morgan fingerprint density at radius 1 is 1.17 bits per heavy atom. The number of aromatic nitrogens is 4. The van der Waals surface area contributed by atoms with Crippen molar-refractivity contribution in [3.05, 3.63) is 35.9 Å². The van der Waals surface area contributed by atoms with E-state index in [2.05, 4.69) is 20.3 Å². The van der Waals surface area contributed by atoms with Gasteiger partial charge in [0.15, 0.2) is 12.3 Å². The Kier molecular flexibility index (Phi) is 4.50. The smallest absolute Gasteiger partial charge is 0.361 e. The van der Waals surface area contributed by atoms with Crippen LogP contribution in [0.2, 0.25) is 5.15 Å². The summed E-state index contributed by atoms with van der Waals surface area (Å²) < 4.78 is 51.4. The summed E-state index contributed by atoms with van der Waals surface area (Å²) in [4.78, 5) is 11.6. The highest BCUT2D eigenvalue weighted by Crippen LogP contribution is 2.32. The second-order valence-electron chi connectivity index (χ2n) is 4.72. The van der Waals surface area contributed by atoms with E-state index < -0.39 is 12.7 Å². The highest BCUT2D eigenvalue weighted by Gasteiger charge is 2.27. The third-order valence-corrected chi connectivity index (χ3v) is 3.81. The van der Waals surface area contributed by atoms with Crippen molar-refractivity contribution in [1.29, 1.82) is 0 Å². The highest BCUT2D eigenvalue weighted by atomic mass is 35.5. The minimum absolute atomic E-state index is 0.0193. The summed E-state index contributed by atoms with van der Waals surface area (Å²) in [7, 11) is 0. The minimum atomic E-state index is -4.38. The number of nitrogens with one attached hydrogen (secondary N) is 1. The molecule has 3 heterocycles. The summed E-state index contributed by atoms with van der Waals surface area (Å²) in [6.07, 6.45) is -1.81. The molecule has 3 aromatic heterocycles. The molecule has 0 bridgehead atoms. The fraction of sp³-hybridized carbons (Fsp3) is 0.154. The van der Waals surface area contributed by atoms with Crippen LogP contribution in [0.3, 0.4) is 0 Å². The predicted molar refractivity (Wildman–Crippen MR) is 84.4 cm³/mol. The van der Waals surface area contributed by atoms with E-state index in [1.54, 1.807) is 6.07 Å². The van der Waals surface area contributed by atoms with Crippen LogP contribution in [0.15, 0.2) is 30.7 Å². The normalized spacial score (nSPS) is 11.9. The van der Waals surface area contributed by atoms with E-state index in [0.717, 1.165) is 6.33 Å². The molecule has 0 unspecified atom stereocenters. The lowest BCUT2D eigenvalue weighted by atomic mass is 10.2. The quantitative estimate of drug-likeness (QED) is 0.536. The Morgan fingerprint density at radius 3 is 2.67 bits per heavy atom. The molecule has 1 N–H and O–H groups in total. The number of hydrogen-bond donors (Lipinski definition) is 1. The van der Waals surface area contributed by atoms with Gasteiger partial charge in [0.2, 0.25) is 0 Å². The molecular formula is C13H8ClF4N5S. The molecule has 3 aromatic rings. The standard InChI is InChI=1S/C13H8ClF4N5S/c14-11-3-9-7(4-19-11)1-10(23(9)24-18)8-2-12(22-6-21-8)20-5-13(15,16)17/h1-4,6H,5H2,(H,20,21,22). The third kappa shape index (κ3) is 3.54. The monoisotopic (exact) mass is 377 g/mol. The van der Waals surface area contributed by atoms with Crippen molar-refractivity contribution in [3.8, 4) is 11.4 Å². The molecule has 24 heavy (non-hydrogen) atoms. The van der Waals surface area contributed by atoms with Gasteiger partial charge in [-0.3, -0.25) is 3.97 Å². The maximum atomic E-state index is 13.4. The summed E-state index contributed by atoms with van der Waals surface area (Å²) in [5.41, 5.74) is 1.08. The zero-order chi connectivity index (χ0) is 17.3. The summed E-state index contributed by atoms with van der Waals surface area (Å²) in [6, 6.07) is 4.40. The fourth-order valence-corrected chi connectivity index (χ4v) is 2.70. The molecule has 126 valence electrons. The summed E-state index contributed by atoms with van der Waals surface area (Å²) >= 11 is 5.74. The van der Waals surface area contributed by atoms with E-state index in [9.17, 15) is 17.1 Å². The Labute approximate surface area is 142 Å². The van der Waals surface area contributed by atoms with Crippen molar-refractivity contribution in [3.63, 3.8) is 0 Å². The number of halogens is 5. The molecule has 0 fully saturated rings. The van der Waals surface area contributed by atoms with Crippen molar-refractivity contribution in [2.45, 2.75) is 6.18 Å². The number of fused-ring (bicyclic) bond motifs is 1. The van der Waals surface area contributed by atoms with E-state index in [4.69, 9.17) is 11.6 Å². The molecule has 0 aliphatic rings. The van der Waals surface area contributed by atoms with Gasteiger partial charge in [0.25, 0.3) is 0 Å². The molecule has 5 nitrogen and oxygen atoms in total. The maximum Gasteiger partial charge on any atom is 0.405 e. The second-order valence-corrected chi connectivity index (χ2v) is 5.61. The molecule has 0 aliphatic carbocycles. The average Bonchev–Trinajstić information content (AvgIpc) is 2.90. The van der Waals surface area contributed by atoms with Crippen LogP contribution in [0.5, 0.6) is 0 Å². The number of alkyl halides is 3. The molecule has 0 spiro atoms. The van der Waals surface area contributed by atoms with E-state index in [-0.39, 0.29) is 29.0 Å². The first-order valence-electron chi connectivity index (χ1n) is 6.46. The fourth-order valence-electron chi connectivity index (χ4n) is 2.09. The molecule has 0 atom stereocenters. The van der Waals surface area contributed by atoms with Gasteiger partial charge in [-0.2, -0.15) is 13.2 Å². The van der Waals surface area contributed by atoms with Gasteiger partial charge >= 0.3 is 6.18 Å². The van der Waals surface area contributed by atoms with Gasteiger partial charge in [0.1, 0.15) is 23.8 Å². The Morgan fingerprint density at radius 2 is 1.96 bits per heavy atom. The van der Waals surface area contributed by atoms with E-state index in [1.165, 1.54) is 22.3 Å². The van der Waals surface area contributed by atoms with Gasteiger partial charge in [-0.25, -0.2) is 15.0 Å². The number of nitrogens with zero attached hydrogens (tertiary/aromatic N) is 4. The minimum Gasteiger partial charge on any atom is -0.361 e. The first-order valence-corrected chi connectivity index (χ1v) is 7.51. The molecule has 3 rings (SSSR count).